The molecule has 0 fully saturated rings. The van der Waals surface area contributed by atoms with Crippen LogP contribution in [0.1, 0.15) is 22.8 Å². The molecule has 0 N–H and O–H groups in total. The summed E-state index contributed by atoms with van der Waals surface area (Å²) in [4.78, 5) is 14.4. The Bertz CT molecular complexity index is 890. The van der Waals surface area contributed by atoms with E-state index in [9.17, 15) is 4.79 Å². The summed E-state index contributed by atoms with van der Waals surface area (Å²) in [6, 6.07) is 15.2. The van der Waals surface area contributed by atoms with Crippen molar-refractivity contribution in [3.63, 3.8) is 0 Å². The summed E-state index contributed by atoms with van der Waals surface area (Å²) >= 11 is 3.38. The number of para-hydroxylation sites is 1. The quantitative estimate of drug-likeness (QED) is 0.604. The first-order chi connectivity index (χ1) is 12.6. The molecule has 6 heteroatoms. The van der Waals surface area contributed by atoms with E-state index in [1.165, 1.54) is 0 Å². The van der Waals surface area contributed by atoms with Crippen molar-refractivity contribution < 1.29 is 9.53 Å². The number of halogens is 1. The van der Waals surface area contributed by atoms with E-state index in [2.05, 4.69) is 21.0 Å². The maximum absolute atomic E-state index is 12.7. The van der Waals surface area contributed by atoms with Gasteiger partial charge in [-0.3, -0.25) is 4.79 Å². The molecule has 2 aromatic carbocycles. The third kappa shape index (κ3) is 4.14. The van der Waals surface area contributed by atoms with Gasteiger partial charge in [0.1, 0.15) is 5.75 Å². The topological polar surface area (TPSA) is 47.4 Å². The van der Waals surface area contributed by atoms with Crippen LogP contribution >= 0.6 is 15.9 Å². The zero-order chi connectivity index (χ0) is 18.5. The summed E-state index contributed by atoms with van der Waals surface area (Å²) in [5, 5.41) is 4.24. The SMILES string of the molecule is CCOc1ccccc1CN(C)C(=O)c1ccc(-n2cc(Br)cn2)cc1. The number of ether oxygens (including phenoxy) is 1. The van der Waals surface area contributed by atoms with Gasteiger partial charge in [-0.25, -0.2) is 4.68 Å². The second-order valence-electron chi connectivity index (χ2n) is 5.85. The Balaban J connectivity index is 1.72. The van der Waals surface area contributed by atoms with Crippen LogP contribution in [0.2, 0.25) is 0 Å². The third-order valence-corrected chi connectivity index (χ3v) is 4.37. The number of nitrogens with zero attached hydrogens (tertiary/aromatic N) is 3. The number of benzene rings is 2. The number of amides is 1. The van der Waals surface area contributed by atoms with E-state index >= 15 is 0 Å². The van der Waals surface area contributed by atoms with Gasteiger partial charge in [0.15, 0.2) is 0 Å². The summed E-state index contributed by atoms with van der Waals surface area (Å²) in [7, 11) is 1.80. The van der Waals surface area contributed by atoms with Crippen LogP contribution in [0.5, 0.6) is 5.75 Å². The standard InChI is InChI=1S/C20H20BrN3O2/c1-3-26-19-7-5-4-6-16(19)13-23(2)20(25)15-8-10-18(11-9-15)24-14-17(21)12-22-24/h4-12,14H,3,13H2,1-2H3. The minimum Gasteiger partial charge on any atom is -0.494 e. The molecule has 1 aromatic heterocycles. The molecule has 0 saturated heterocycles. The Morgan fingerprint density at radius 3 is 2.58 bits per heavy atom. The molecule has 0 aliphatic heterocycles. The van der Waals surface area contributed by atoms with Crippen molar-refractivity contribution >= 4 is 21.8 Å². The summed E-state index contributed by atoms with van der Waals surface area (Å²) in [5.41, 5.74) is 2.52. The molecule has 1 amide bonds. The zero-order valence-corrected chi connectivity index (χ0v) is 16.3. The monoisotopic (exact) mass is 413 g/mol. The van der Waals surface area contributed by atoms with Gasteiger partial charge in [0.25, 0.3) is 5.91 Å². The molecule has 134 valence electrons. The number of carbonyl (C=O) groups is 1. The van der Waals surface area contributed by atoms with E-state index in [0.29, 0.717) is 18.7 Å². The van der Waals surface area contributed by atoms with Crippen LogP contribution in [-0.4, -0.2) is 34.2 Å². The van der Waals surface area contributed by atoms with Crippen LogP contribution in [-0.2, 0) is 6.54 Å². The lowest BCUT2D eigenvalue weighted by molar-refractivity contribution is 0.0784. The molecule has 5 nitrogen and oxygen atoms in total. The van der Waals surface area contributed by atoms with Gasteiger partial charge in [0.2, 0.25) is 0 Å². The van der Waals surface area contributed by atoms with Gasteiger partial charge in [0, 0.05) is 30.9 Å². The second kappa shape index (κ2) is 8.19. The van der Waals surface area contributed by atoms with E-state index in [0.717, 1.165) is 21.5 Å². The third-order valence-electron chi connectivity index (χ3n) is 3.96. The minimum absolute atomic E-state index is 0.0375. The highest BCUT2D eigenvalue weighted by molar-refractivity contribution is 9.10. The molecule has 0 atom stereocenters. The minimum atomic E-state index is -0.0375. The van der Waals surface area contributed by atoms with Crippen molar-refractivity contribution in [1.82, 2.24) is 14.7 Å². The van der Waals surface area contributed by atoms with Crippen LogP contribution in [0, 0.1) is 0 Å². The highest BCUT2D eigenvalue weighted by atomic mass is 79.9. The average Bonchev–Trinajstić information content (AvgIpc) is 3.09. The summed E-state index contributed by atoms with van der Waals surface area (Å²) in [6.45, 7) is 3.04. The number of hydrogen-bond donors (Lipinski definition) is 0. The Hall–Kier alpha value is -2.60. The van der Waals surface area contributed by atoms with Gasteiger partial charge in [-0.05, 0) is 53.2 Å². The van der Waals surface area contributed by atoms with Gasteiger partial charge in [-0.2, -0.15) is 5.10 Å². The van der Waals surface area contributed by atoms with Crippen molar-refractivity contribution in [3.8, 4) is 11.4 Å². The van der Waals surface area contributed by atoms with Crippen LogP contribution in [0.15, 0.2) is 65.4 Å². The fraction of sp³-hybridized carbons (Fsp3) is 0.200. The largest absolute Gasteiger partial charge is 0.494 e. The predicted molar refractivity (Wildman–Crippen MR) is 105 cm³/mol. The normalized spacial score (nSPS) is 10.6. The molecule has 3 aromatic rings. The number of hydrogen-bond acceptors (Lipinski definition) is 3. The lowest BCUT2D eigenvalue weighted by Crippen LogP contribution is -2.26. The molecule has 0 aliphatic carbocycles. The lowest BCUT2D eigenvalue weighted by Gasteiger charge is -2.19. The predicted octanol–water partition coefficient (Wildman–Crippen LogP) is 4.31. The van der Waals surface area contributed by atoms with Crippen LogP contribution in [0.25, 0.3) is 5.69 Å². The summed E-state index contributed by atoms with van der Waals surface area (Å²) in [6.07, 6.45) is 3.59. The number of aromatic nitrogens is 2. The Morgan fingerprint density at radius 2 is 1.92 bits per heavy atom. The Morgan fingerprint density at radius 1 is 1.19 bits per heavy atom. The van der Waals surface area contributed by atoms with Crippen LogP contribution < -0.4 is 4.74 Å². The van der Waals surface area contributed by atoms with E-state index in [1.54, 1.807) is 22.8 Å². The maximum Gasteiger partial charge on any atom is 0.253 e. The highest BCUT2D eigenvalue weighted by Crippen LogP contribution is 2.20. The smallest absolute Gasteiger partial charge is 0.253 e. The van der Waals surface area contributed by atoms with Crippen molar-refractivity contribution in [2.24, 2.45) is 0 Å². The van der Waals surface area contributed by atoms with Crippen LogP contribution in [0.4, 0.5) is 0 Å². The molecular formula is C20H20BrN3O2. The number of carbonyl (C=O) groups excluding carboxylic acids is 1. The van der Waals surface area contributed by atoms with Crippen molar-refractivity contribution in [1.29, 1.82) is 0 Å². The maximum atomic E-state index is 12.7. The molecular weight excluding hydrogens is 394 g/mol. The van der Waals surface area contributed by atoms with E-state index in [-0.39, 0.29) is 5.91 Å². The van der Waals surface area contributed by atoms with Crippen molar-refractivity contribution in [2.45, 2.75) is 13.5 Å². The van der Waals surface area contributed by atoms with Crippen LogP contribution in [0.3, 0.4) is 0 Å². The average molecular weight is 414 g/mol. The second-order valence-corrected chi connectivity index (χ2v) is 6.77. The van der Waals surface area contributed by atoms with E-state index in [4.69, 9.17) is 4.74 Å². The molecule has 0 spiro atoms. The molecule has 0 saturated carbocycles. The van der Waals surface area contributed by atoms with Gasteiger partial charge < -0.3 is 9.64 Å². The highest BCUT2D eigenvalue weighted by Gasteiger charge is 2.14. The first-order valence-corrected chi connectivity index (χ1v) is 9.14. The Labute approximate surface area is 161 Å². The zero-order valence-electron chi connectivity index (χ0n) is 14.7. The molecule has 0 bridgehead atoms. The van der Waals surface area contributed by atoms with Gasteiger partial charge in [-0.15, -0.1) is 0 Å². The first-order valence-electron chi connectivity index (χ1n) is 8.35. The van der Waals surface area contributed by atoms with Gasteiger partial charge >= 0.3 is 0 Å². The molecule has 26 heavy (non-hydrogen) atoms. The fourth-order valence-electron chi connectivity index (χ4n) is 2.68. The lowest BCUT2D eigenvalue weighted by atomic mass is 10.1. The van der Waals surface area contributed by atoms with Crippen molar-refractivity contribution in [3.05, 3.63) is 76.5 Å². The van der Waals surface area contributed by atoms with Crippen molar-refractivity contribution in [2.75, 3.05) is 13.7 Å². The molecule has 0 unspecified atom stereocenters. The summed E-state index contributed by atoms with van der Waals surface area (Å²) < 4.78 is 8.30. The molecule has 0 aliphatic rings. The fourth-order valence-corrected chi connectivity index (χ4v) is 2.96. The molecule has 1 heterocycles. The van der Waals surface area contributed by atoms with Gasteiger partial charge in [0.05, 0.1) is 23.0 Å². The first kappa shape index (κ1) is 18.2. The van der Waals surface area contributed by atoms with Gasteiger partial charge in [-0.1, -0.05) is 18.2 Å². The Kier molecular flexibility index (Phi) is 5.73. The van der Waals surface area contributed by atoms with E-state index < -0.39 is 0 Å². The molecule has 3 rings (SSSR count). The summed E-state index contributed by atoms with van der Waals surface area (Å²) in [5.74, 6) is 0.777. The number of rotatable bonds is 6. The molecule has 0 radical (unpaired) electrons. The van der Waals surface area contributed by atoms with E-state index in [1.807, 2.05) is 61.7 Å².